The first-order valence-electron chi connectivity index (χ1n) is 8.74. The summed E-state index contributed by atoms with van der Waals surface area (Å²) in [5.74, 6) is 1.38. The number of hydrogen-bond acceptors (Lipinski definition) is 3. The van der Waals surface area contributed by atoms with E-state index in [4.69, 9.17) is 0 Å². The predicted octanol–water partition coefficient (Wildman–Crippen LogP) is 2.51. The summed E-state index contributed by atoms with van der Waals surface area (Å²) in [6.07, 6.45) is 8.20. The van der Waals surface area contributed by atoms with E-state index in [9.17, 15) is 4.79 Å². The van der Waals surface area contributed by atoms with E-state index in [-0.39, 0.29) is 12.1 Å². The van der Waals surface area contributed by atoms with Crippen LogP contribution in [0, 0.1) is 11.8 Å². The maximum absolute atomic E-state index is 12.6. The molecule has 2 aliphatic rings. The second-order valence-corrected chi connectivity index (χ2v) is 6.90. The Morgan fingerprint density at radius 1 is 1.12 bits per heavy atom. The third-order valence-electron chi connectivity index (χ3n) is 4.90. The lowest BCUT2D eigenvalue weighted by Gasteiger charge is -2.23. The van der Waals surface area contributed by atoms with Crippen LogP contribution in [0.1, 0.15) is 37.3 Å². The molecule has 2 saturated carbocycles. The highest BCUT2D eigenvalue weighted by molar-refractivity contribution is 5.75. The summed E-state index contributed by atoms with van der Waals surface area (Å²) in [5, 5.41) is 10.5. The van der Waals surface area contributed by atoms with E-state index in [2.05, 4.69) is 20.7 Å². The van der Waals surface area contributed by atoms with Crippen LogP contribution in [-0.2, 0) is 6.54 Å². The average molecular weight is 325 g/mol. The monoisotopic (exact) mass is 325 g/mol. The second-order valence-electron chi connectivity index (χ2n) is 6.90. The molecule has 4 rings (SSSR count). The molecule has 24 heavy (non-hydrogen) atoms. The highest BCUT2D eigenvalue weighted by atomic mass is 16.2. The Hall–Kier alpha value is -2.37. The van der Waals surface area contributed by atoms with Gasteiger partial charge < -0.3 is 10.6 Å². The third-order valence-corrected chi connectivity index (χ3v) is 4.90. The van der Waals surface area contributed by atoms with Crippen molar-refractivity contribution in [2.45, 2.75) is 44.3 Å². The molecule has 0 radical (unpaired) electrons. The van der Waals surface area contributed by atoms with Gasteiger partial charge in [-0.2, -0.15) is 5.10 Å². The third kappa shape index (κ3) is 3.75. The summed E-state index contributed by atoms with van der Waals surface area (Å²) < 4.78 is 1.75. The Morgan fingerprint density at radius 2 is 1.83 bits per heavy atom. The number of carbonyl (C=O) groups is 1. The van der Waals surface area contributed by atoms with Crippen molar-refractivity contribution in [3.05, 3.63) is 48.5 Å². The van der Waals surface area contributed by atoms with Gasteiger partial charge in [-0.25, -0.2) is 9.78 Å². The van der Waals surface area contributed by atoms with Crippen LogP contribution in [0.3, 0.4) is 0 Å². The lowest BCUT2D eigenvalue weighted by molar-refractivity contribution is 0.227. The number of hydrogen-bond donors (Lipinski definition) is 2. The number of urea groups is 1. The number of aromatic nitrogens is 3. The van der Waals surface area contributed by atoms with Crippen molar-refractivity contribution in [1.29, 1.82) is 0 Å². The van der Waals surface area contributed by atoms with Crippen molar-refractivity contribution in [3.8, 4) is 0 Å². The zero-order chi connectivity index (χ0) is 16.4. The smallest absolute Gasteiger partial charge is 0.315 e. The molecular formula is C18H23N5O. The molecule has 0 spiro atoms. The number of nitrogens with zero attached hydrogens (tertiary/aromatic N) is 3. The topological polar surface area (TPSA) is 71.8 Å². The molecule has 1 atom stereocenters. The number of carbonyl (C=O) groups excluding carboxylic acids is 1. The molecule has 2 fully saturated rings. The van der Waals surface area contributed by atoms with E-state index < -0.39 is 0 Å². The molecule has 1 aromatic carbocycles. The molecule has 2 N–H and O–H groups in total. The molecule has 6 heteroatoms. The van der Waals surface area contributed by atoms with Crippen molar-refractivity contribution in [1.82, 2.24) is 25.4 Å². The van der Waals surface area contributed by atoms with Crippen LogP contribution in [0.2, 0.25) is 0 Å². The molecule has 2 amide bonds. The molecule has 1 heterocycles. The first-order valence-corrected chi connectivity index (χ1v) is 8.74. The molecule has 0 saturated heterocycles. The second kappa shape index (κ2) is 6.63. The van der Waals surface area contributed by atoms with Gasteiger partial charge in [-0.05, 0) is 43.1 Å². The summed E-state index contributed by atoms with van der Waals surface area (Å²) in [5.41, 5.74) is 1.07. The van der Waals surface area contributed by atoms with Crippen LogP contribution in [0.15, 0.2) is 43.0 Å². The maximum atomic E-state index is 12.6. The zero-order valence-corrected chi connectivity index (χ0v) is 13.6. The van der Waals surface area contributed by atoms with Crippen LogP contribution in [-0.4, -0.2) is 26.8 Å². The van der Waals surface area contributed by atoms with E-state index >= 15 is 0 Å². The summed E-state index contributed by atoms with van der Waals surface area (Å²) in [6.45, 7) is 0.564. The van der Waals surface area contributed by atoms with Gasteiger partial charge in [-0.15, -0.1) is 0 Å². The van der Waals surface area contributed by atoms with Gasteiger partial charge in [0.1, 0.15) is 12.7 Å². The number of nitrogens with one attached hydrogen (secondary N) is 2. The fourth-order valence-corrected chi connectivity index (χ4v) is 3.32. The minimum atomic E-state index is -0.132. The van der Waals surface area contributed by atoms with Crippen LogP contribution in [0.5, 0.6) is 0 Å². The SMILES string of the molecule is O=C(NC(Cn1cncn1)c1ccccc1)NC(C1CC1)C1CC1. The normalized spacial score (nSPS) is 18.4. The van der Waals surface area contributed by atoms with Gasteiger partial charge in [-0.1, -0.05) is 30.3 Å². The molecule has 1 aromatic heterocycles. The summed E-state index contributed by atoms with van der Waals surface area (Å²) >= 11 is 0. The molecule has 0 bridgehead atoms. The number of benzene rings is 1. The van der Waals surface area contributed by atoms with Crippen molar-refractivity contribution >= 4 is 6.03 Å². The van der Waals surface area contributed by atoms with E-state index in [0.29, 0.717) is 24.4 Å². The van der Waals surface area contributed by atoms with Gasteiger partial charge >= 0.3 is 6.03 Å². The molecule has 6 nitrogen and oxygen atoms in total. The quantitative estimate of drug-likeness (QED) is 0.821. The highest BCUT2D eigenvalue weighted by Gasteiger charge is 2.42. The Bertz CT molecular complexity index is 652. The fraction of sp³-hybridized carbons (Fsp3) is 0.500. The zero-order valence-electron chi connectivity index (χ0n) is 13.6. The van der Waals surface area contributed by atoms with Gasteiger partial charge in [0, 0.05) is 6.04 Å². The van der Waals surface area contributed by atoms with E-state index in [1.165, 1.54) is 32.0 Å². The lowest BCUT2D eigenvalue weighted by Crippen LogP contribution is -2.46. The molecule has 1 unspecified atom stereocenters. The molecule has 2 aromatic rings. The van der Waals surface area contributed by atoms with Crippen LogP contribution in [0.4, 0.5) is 4.79 Å². The van der Waals surface area contributed by atoms with Crippen LogP contribution < -0.4 is 10.6 Å². The van der Waals surface area contributed by atoms with E-state index in [0.717, 1.165) is 5.56 Å². The van der Waals surface area contributed by atoms with Crippen molar-refractivity contribution < 1.29 is 4.79 Å². The Labute approximate surface area is 141 Å². The standard InChI is InChI=1S/C18H23N5O/c24-18(22-17(14-6-7-14)15-8-9-15)21-16(10-23-12-19-11-20-23)13-4-2-1-3-5-13/h1-5,11-12,14-17H,6-10H2,(H2,21,22,24). The van der Waals surface area contributed by atoms with Crippen LogP contribution >= 0.6 is 0 Å². The van der Waals surface area contributed by atoms with Gasteiger partial charge in [-0.3, -0.25) is 4.68 Å². The van der Waals surface area contributed by atoms with E-state index in [1.807, 2.05) is 30.3 Å². The maximum Gasteiger partial charge on any atom is 0.315 e. The molecule has 126 valence electrons. The Morgan fingerprint density at radius 3 is 2.42 bits per heavy atom. The van der Waals surface area contributed by atoms with Crippen molar-refractivity contribution in [3.63, 3.8) is 0 Å². The van der Waals surface area contributed by atoms with E-state index in [1.54, 1.807) is 11.0 Å². The van der Waals surface area contributed by atoms with Crippen molar-refractivity contribution in [2.24, 2.45) is 11.8 Å². The molecular weight excluding hydrogens is 302 g/mol. The first kappa shape index (κ1) is 15.2. The van der Waals surface area contributed by atoms with Gasteiger partial charge in [0.25, 0.3) is 0 Å². The minimum Gasteiger partial charge on any atom is -0.335 e. The van der Waals surface area contributed by atoms with Gasteiger partial charge in [0.2, 0.25) is 0 Å². The van der Waals surface area contributed by atoms with Gasteiger partial charge in [0.05, 0.1) is 12.6 Å². The number of rotatable bonds is 7. The largest absolute Gasteiger partial charge is 0.335 e. The summed E-state index contributed by atoms with van der Waals surface area (Å²) in [7, 11) is 0. The average Bonchev–Trinajstić information content (AvgIpc) is 3.53. The summed E-state index contributed by atoms with van der Waals surface area (Å²) in [4.78, 5) is 16.5. The molecule has 2 aliphatic carbocycles. The minimum absolute atomic E-state index is 0.0761. The Balaban J connectivity index is 1.43. The number of amides is 2. The fourth-order valence-electron chi connectivity index (χ4n) is 3.32. The molecule has 0 aliphatic heterocycles. The summed E-state index contributed by atoms with van der Waals surface area (Å²) in [6, 6.07) is 10.2. The van der Waals surface area contributed by atoms with Gasteiger partial charge in [0.15, 0.2) is 0 Å². The first-order chi connectivity index (χ1) is 11.8. The lowest BCUT2D eigenvalue weighted by atomic mass is 10.1. The Kier molecular flexibility index (Phi) is 4.19. The predicted molar refractivity (Wildman–Crippen MR) is 90.1 cm³/mol. The highest BCUT2D eigenvalue weighted by Crippen LogP contribution is 2.44. The van der Waals surface area contributed by atoms with Crippen molar-refractivity contribution in [2.75, 3.05) is 0 Å². The van der Waals surface area contributed by atoms with Crippen LogP contribution in [0.25, 0.3) is 0 Å².